The maximum Gasteiger partial charge on any atom is 0.118 e. The molecule has 0 saturated heterocycles. The van der Waals surface area contributed by atoms with Crippen molar-refractivity contribution in [3.8, 4) is 0 Å². The topological polar surface area (TPSA) is 57.7 Å². The summed E-state index contributed by atoms with van der Waals surface area (Å²) in [5.41, 5.74) is 1.94. The fraction of sp³-hybridized carbons (Fsp3) is 0.632. The number of aliphatic hydroxyl groups is 1. The van der Waals surface area contributed by atoms with Crippen molar-refractivity contribution in [2.75, 3.05) is 27.2 Å². The zero-order chi connectivity index (χ0) is 17.8. The number of aliphatic hydroxyl groups excluding tert-OH is 1. The van der Waals surface area contributed by atoms with E-state index in [0.29, 0.717) is 6.54 Å². The van der Waals surface area contributed by atoms with Crippen LogP contribution in [0.5, 0.6) is 0 Å². The van der Waals surface area contributed by atoms with Crippen LogP contribution in [0.1, 0.15) is 48.8 Å². The molecule has 0 bridgehead atoms. The highest BCUT2D eigenvalue weighted by Gasteiger charge is 2.20. The molecule has 1 aliphatic heterocycles. The van der Waals surface area contributed by atoms with E-state index in [9.17, 15) is 5.11 Å². The normalized spacial score (nSPS) is 16.8. The van der Waals surface area contributed by atoms with Gasteiger partial charge in [0.1, 0.15) is 17.6 Å². The average molecular weight is 346 g/mol. The van der Waals surface area contributed by atoms with Crippen LogP contribution in [0.15, 0.2) is 22.6 Å². The molecule has 6 nitrogen and oxygen atoms in total. The smallest absolute Gasteiger partial charge is 0.118 e. The van der Waals surface area contributed by atoms with Gasteiger partial charge in [0, 0.05) is 32.6 Å². The van der Waals surface area contributed by atoms with E-state index in [1.54, 1.807) is 0 Å². The third-order valence-electron chi connectivity index (χ3n) is 4.58. The molecule has 2 aromatic heterocycles. The molecule has 0 fully saturated rings. The molecule has 1 atom stereocenters. The standard InChI is InChI=1S/C19H30N4O2/c1-4-6-16-7-8-17(25-16)13-22-9-5-10-23-15(12-22)11-18(20-23)19(24)14-21(2)3/h7-8,11,19,24H,4-6,9-10,12-14H2,1-3H3/t19-/m1/s1. The molecule has 6 heteroatoms. The highest BCUT2D eigenvalue weighted by Crippen LogP contribution is 2.20. The Balaban J connectivity index is 1.66. The van der Waals surface area contributed by atoms with E-state index in [2.05, 4.69) is 39.8 Å². The van der Waals surface area contributed by atoms with Crippen molar-refractivity contribution in [2.45, 2.75) is 51.9 Å². The van der Waals surface area contributed by atoms with Gasteiger partial charge in [-0.3, -0.25) is 9.58 Å². The Morgan fingerprint density at radius 3 is 2.84 bits per heavy atom. The summed E-state index contributed by atoms with van der Waals surface area (Å²) < 4.78 is 7.99. The first-order chi connectivity index (χ1) is 12.0. The van der Waals surface area contributed by atoms with Gasteiger partial charge in [0.25, 0.3) is 0 Å². The fourth-order valence-corrected chi connectivity index (χ4v) is 3.40. The van der Waals surface area contributed by atoms with Gasteiger partial charge in [-0.15, -0.1) is 0 Å². The van der Waals surface area contributed by atoms with E-state index in [0.717, 1.165) is 62.7 Å². The highest BCUT2D eigenvalue weighted by molar-refractivity contribution is 5.14. The molecule has 3 rings (SSSR count). The van der Waals surface area contributed by atoms with Crippen molar-refractivity contribution in [2.24, 2.45) is 0 Å². The second-order valence-corrected chi connectivity index (χ2v) is 7.24. The molecular weight excluding hydrogens is 316 g/mol. The molecule has 3 heterocycles. The van der Waals surface area contributed by atoms with Crippen LogP contribution in [0, 0.1) is 0 Å². The van der Waals surface area contributed by atoms with E-state index in [-0.39, 0.29) is 0 Å². The Labute approximate surface area is 150 Å². The van der Waals surface area contributed by atoms with Crippen molar-refractivity contribution >= 4 is 0 Å². The van der Waals surface area contributed by atoms with Crippen molar-refractivity contribution in [1.82, 2.24) is 19.6 Å². The second kappa shape index (κ2) is 8.17. The van der Waals surface area contributed by atoms with Crippen LogP contribution in [0.3, 0.4) is 0 Å². The molecule has 0 amide bonds. The number of aryl methyl sites for hydroxylation is 2. The summed E-state index contributed by atoms with van der Waals surface area (Å²) in [6, 6.07) is 6.24. The zero-order valence-electron chi connectivity index (χ0n) is 15.6. The number of nitrogens with zero attached hydrogens (tertiary/aromatic N) is 4. The Morgan fingerprint density at radius 2 is 2.08 bits per heavy atom. The Hall–Kier alpha value is -1.63. The van der Waals surface area contributed by atoms with Crippen LogP contribution in [-0.4, -0.2) is 51.9 Å². The predicted molar refractivity (Wildman–Crippen MR) is 97.2 cm³/mol. The monoisotopic (exact) mass is 346 g/mol. The lowest BCUT2D eigenvalue weighted by Gasteiger charge is -2.18. The number of rotatable bonds is 7. The highest BCUT2D eigenvalue weighted by atomic mass is 16.3. The summed E-state index contributed by atoms with van der Waals surface area (Å²) >= 11 is 0. The number of fused-ring (bicyclic) bond motifs is 1. The van der Waals surface area contributed by atoms with Crippen molar-refractivity contribution in [3.05, 3.63) is 41.1 Å². The lowest BCUT2D eigenvalue weighted by Crippen LogP contribution is -2.22. The van der Waals surface area contributed by atoms with Gasteiger partial charge in [0.15, 0.2) is 0 Å². The van der Waals surface area contributed by atoms with Crippen molar-refractivity contribution < 1.29 is 9.52 Å². The SMILES string of the molecule is CCCc1ccc(CN2CCCn3nc([C@H](O)CN(C)C)cc3C2)o1. The molecule has 2 aromatic rings. The van der Waals surface area contributed by atoms with Crippen LogP contribution >= 0.6 is 0 Å². The van der Waals surface area contributed by atoms with Crippen LogP contribution in [-0.2, 0) is 26.1 Å². The van der Waals surface area contributed by atoms with Crippen LogP contribution in [0.4, 0.5) is 0 Å². The number of aromatic nitrogens is 2. The van der Waals surface area contributed by atoms with E-state index in [1.807, 2.05) is 19.0 Å². The van der Waals surface area contributed by atoms with E-state index in [1.165, 1.54) is 5.69 Å². The fourth-order valence-electron chi connectivity index (χ4n) is 3.40. The number of likely N-dealkylation sites (N-methyl/N-ethyl adjacent to an activating group) is 1. The largest absolute Gasteiger partial charge is 0.465 e. The van der Waals surface area contributed by atoms with Crippen LogP contribution in [0.2, 0.25) is 0 Å². The molecule has 0 radical (unpaired) electrons. The van der Waals surface area contributed by atoms with Gasteiger partial charge in [-0.25, -0.2) is 0 Å². The molecular formula is C19H30N4O2. The predicted octanol–water partition coefficient (Wildman–Crippen LogP) is 2.43. The molecule has 0 saturated carbocycles. The molecule has 0 aliphatic carbocycles. The molecule has 0 aromatic carbocycles. The van der Waals surface area contributed by atoms with Crippen molar-refractivity contribution in [1.29, 1.82) is 0 Å². The molecule has 25 heavy (non-hydrogen) atoms. The number of furan rings is 1. The first kappa shape index (κ1) is 18.2. The van der Waals surface area contributed by atoms with Gasteiger partial charge in [-0.2, -0.15) is 5.10 Å². The lowest BCUT2D eigenvalue weighted by molar-refractivity contribution is 0.133. The number of hydrogen-bond acceptors (Lipinski definition) is 5. The Morgan fingerprint density at radius 1 is 1.28 bits per heavy atom. The second-order valence-electron chi connectivity index (χ2n) is 7.24. The van der Waals surface area contributed by atoms with Gasteiger partial charge in [0.2, 0.25) is 0 Å². The minimum Gasteiger partial charge on any atom is -0.465 e. The van der Waals surface area contributed by atoms with Gasteiger partial charge in [-0.1, -0.05) is 6.92 Å². The maximum atomic E-state index is 10.3. The molecule has 1 aliphatic rings. The first-order valence-electron chi connectivity index (χ1n) is 9.24. The van der Waals surface area contributed by atoms with E-state index in [4.69, 9.17) is 4.42 Å². The van der Waals surface area contributed by atoms with Gasteiger partial charge >= 0.3 is 0 Å². The summed E-state index contributed by atoms with van der Waals surface area (Å²) in [6.45, 7) is 6.35. The third kappa shape index (κ3) is 4.71. The lowest BCUT2D eigenvalue weighted by atomic mass is 10.2. The van der Waals surface area contributed by atoms with Gasteiger partial charge < -0.3 is 14.4 Å². The average Bonchev–Trinajstić information content (AvgIpc) is 3.10. The summed E-state index contributed by atoms with van der Waals surface area (Å²) in [5.74, 6) is 2.11. The Kier molecular flexibility index (Phi) is 5.93. The van der Waals surface area contributed by atoms with Crippen molar-refractivity contribution in [3.63, 3.8) is 0 Å². The molecule has 1 N–H and O–H groups in total. The molecule has 138 valence electrons. The summed E-state index contributed by atoms with van der Waals surface area (Å²) in [5, 5.41) is 14.9. The quantitative estimate of drug-likeness (QED) is 0.834. The minimum absolute atomic E-state index is 0.537. The first-order valence-corrected chi connectivity index (χ1v) is 9.24. The molecule has 0 spiro atoms. The van der Waals surface area contributed by atoms with E-state index < -0.39 is 6.10 Å². The van der Waals surface area contributed by atoms with Crippen LogP contribution < -0.4 is 0 Å². The van der Waals surface area contributed by atoms with Crippen LogP contribution in [0.25, 0.3) is 0 Å². The summed E-state index contributed by atoms with van der Waals surface area (Å²) in [7, 11) is 3.92. The summed E-state index contributed by atoms with van der Waals surface area (Å²) in [4.78, 5) is 4.38. The summed E-state index contributed by atoms with van der Waals surface area (Å²) in [6.07, 6.45) is 2.62. The van der Waals surface area contributed by atoms with Gasteiger partial charge in [-0.05, 0) is 45.1 Å². The third-order valence-corrected chi connectivity index (χ3v) is 4.58. The van der Waals surface area contributed by atoms with E-state index >= 15 is 0 Å². The number of hydrogen-bond donors (Lipinski definition) is 1. The molecule has 0 unspecified atom stereocenters. The van der Waals surface area contributed by atoms with Gasteiger partial charge in [0.05, 0.1) is 17.9 Å². The Bertz CT molecular complexity index is 677. The zero-order valence-corrected chi connectivity index (χ0v) is 15.6. The maximum absolute atomic E-state index is 10.3. The minimum atomic E-state index is -0.537.